The molecular formula is C22H24N2O4S. The number of carbonyl (C=O) groups is 1. The molecular weight excluding hydrogens is 388 g/mol. The molecule has 1 N–H and O–H groups in total. The topological polar surface area (TPSA) is 75.7 Å². The van der Waals surface area contributed by atoms with Crippen molar-refractivity contribution in [3.63, 3.8) is 0 Å². The standard InChI is InChI=1S/C22H24N2O4S/c1-3-28-20-11-8-17(9-12-20)15-23-22(25)16-24(2)29(26,27)21-13-10-18-6-4-5-7-19(18)14-21/h4-14H,3,15-16H2,1-2H3,(H,23,25). The fourth-order valence-corrected chi connectivity index (χ4v) is 4.08. The number of sulfonamides is 1. The van der Waals surface area contributed by atoms with Crippen LogP contribution in [0.4, 0.5) is 0 Å². The van der Waals surface area contributed by atoms with Crippen molar-refractivity contribution in [1.29, 1.82) is 0 Å². The van der Waals surface area contributed by atoms with Crippen molar-refractivity contribution in [2.45, 2.75) is 18.4 Å². The summed E-state index contributed by atoms with van der Waals surface area (Å²) in [7, 11) is -2.36. The minimum Gasteiger partial charge on any atom is -0.494 e. The third-order valence-electron chi connectivity index (χ3n) is 4.52. The minimum absolute atomic E-state index is 0.165. The van der Waals surface area contributed by atoms with Gasteiger partial charge in [-0.2, -0.15) is 4.31 Å². The van der Waals surface area contributed by atoms with Crippen LogP contribution >= 0.6 is 0 Å². The second kappa shape index (κ2) is 9.07. The predicted octanol–water partition coefficient (Wildman–Crippen LogP) is 3.18. The summed E-state index contributed by atoms with van der Waals surface area (Å²) in [6.45, 7) is 2.56. The fraction of sp³-hybridized carbons (Fsp3) is 0.227. The second-order valence-electron chi connectivity index (χ2n) is 6.62. The van der Waals surface area contributed by atoms with Gasteiger partial charge in [-0.05, 0) is 47.5 Å². The normalized spacial score (nSPS) is 11.6. The number of benzene rings is 3. The Morgan fingerprint density at radius 2 is 1.69 bits per heavy atom. The number of likely N-dealkylation sites (N-methyl/N-ethyl adjacent to an activating group) is 1. The summed E-state index contributed by atoms with van der Waals surface area (Å²) in [4.78, 5) is 12.4. The number of amides is 1. The largest absolute Gasteiger partial charge is 0.494 e. The Morgan fingerprint density at radius 1 is 1.00 bits per heavy atom. The van der Waals surface area contributed by atoms with Gasteiger partial charge in [-0.1, -0.05) is 42.5 Å². The summed E-state index contributed by atoms with van der Waals surface area (Å²) in [5.41, 5.74) is 0.904. The average Bonchev–Trinajstić information content (AvgIpc) is 2.73. The van der Waals surface area contributed by atoms with Gasteiger partial charge in [-0.15, -0.1) is 0 Å². The van der Waals surface area contributed by atoms with Gasteiger partial charge in [0.05, 0.1) is 18.0 Å². The van der Waals surface area contributed by atoms with Crippen LogP contribution in [0.3, 0.4) is 0 Å². The molecule has 0 saturated carbocycles. The van der Waals surface area contributed by atoms with Gasteiger partial charge in [0, 0.05) is 13.6 Å². The Kier molecular flexibility index (Phi) is 6.51. The lowest BCUT2D eigenvalue weighted by Gasteiger charge is -2.17. The number of carbonyl (C=O) groups excluding carboxylic acids is 1. The first-order chi connectivity index (χ1) is 13.9. The molecule has 0 aliphatic heterocycles. The van der Waals surface area contributed by atoms with Crippen LogP contribution in [0.2, 0.25) is 0 Å². The predicted molar refractivity (Wildman–Crippen MR) is 113 cm³/mol. The van der Waals surface area contributed by atoms with Crippen LogP contribution < -0.4 is 10.1 Å². The van der Waals surface area contributed by atoms with Crippen LogP contribution in [-0.4, -0.2) is 38.8 Å². The highest BCUT2D eigenvalue weighted by atomic mass is 32.2. The molecule has 1 amide bonds. The van der Waals surface area contributed by atoms with Gasteiger partial charge < -0.3 is 10.1 Å². The lowest BCUT2D eigenvalue weighted by Crippen LogP contribution is -2.38. The monoisotopic (exact) mass is 412 g/mol. The van der Waals surface area contributed by atoms with Gasteiger partial charge in [0.1, 0.15) is 5.75 Å². The summed E-state index contributed by atoms with van der Waals surface area (Å²) in [6.07, 6.45) is 0. The van der Waals surface area contributed by atoms with E-state index in [9.17, 15) is 13.2 Å². The highest BCUT2D eigenvalue weighted by Gasteiger charge is 2.23. The van der Waals surface area contributed by atoms with E-state index in [1.165, 1.54) is 7.05 Å². The minimum atomic E-state index is -3.76. The van der Waals surface area contributed by atoms with E-state index in [4.69, 9.17) is 4.74 Å². The Labute approximate surface area is 171 Å². The van der Waals surface area contributed by atoms with Gasteiger partial charge in [0.25, 0.3) is 0 Å². The van der Waals surface area contributed by atoms with E-state index in [0.29, 0.717) is 13.2 Å². The van der Waals surface area contributed by atoms with Crippen molar-refractivity contribution >= 4 is 26.7 Å². The molecule has 0 fully saturated rings. The lowest BCUT2D eigenvalue weighted by atomic mass is 10.1. The molecule has 152 valence electrons. The van der Waals surface area contributed by atoms with E-state index >= 15 is 0 Å². The molecule has 0 saturated heterocycles. The highest BCUT2D eigenvalue weighted by molar-refractivity contribution is 7.89. The summed E-state index contributed by atoms with van der Waals surface area (Å²) in [5.74, 6) is 0.398. The van der Waals surface area contributed by atoms with Gasteiger partial charge in [-0.25, -0.2) is 8.42 Å². The molecule has 6 nitrogen and oxygen atoms in total. The lowest BCUT2D eigenvalue weighted by molar-refractivity contribution is -0.121. The second-order valence-corrected chi connectivity index (χ2v) is 8.67. The molecule has 3 rings (SSSR count). The van der Waals surface area contributed by atoms with Crippen LogP contribution in [-0.2, 0) is 21.4 Å². The molecule has 0 spiro atoms. The smallest absolute Gasteiger partial charge is 0.243 e. The summed E-state index contributed by atoms with van der Waals surface area (Å²) < 4.78 is 32.1. The first-order valence-corrected chi connectivity index (χ1v) is 10.8. The Morgan fingerprint density at radius 3 is 2.38 bits per heavy atom. The number of hydrogen-bond donors (Lipinski definition) is 1. The van der Waals surface area contributed by atoms with Crippen molar-refractivity contribution in [2.24, 2.45) is 0 Å². The molecule has 0 aliphatic rings. The van der Waals surface area contributed by atoms with E-state index in [1.807, 2.05) is 55.5 Å². The maximum absolute atomic E-state index is 12.8. The average molecular weight is 413 g/mol. The molecule has 0 bridgehead atoms. The third kappa shape index (κ3) is 5.13. The van der Waals surface area contributed by atoms with Gasteiger partial charge in [0.2, 0.25) is 15.9 Å². The van der Waals surface area contributed by atoms with Crippen LogP contribution in [0, 0.1) is 0 Å². The zero-order valence-electron chi connectivity index (χ0n) is 16.5. The molecule has 7 heteroatoms. The van der Waals surface area contributed by atoms with Crippen molar-refractivity contribution in [3.05, 3.63) is 72.3 Å². The van der Waals surface area contributed by atoms with E-state index in [-0.39, 0.29) is 17.3 Å². The number of nitrogens with zero attached hydrogens (tertiary/aromatic N) is 1. The maximum Gasteiger partial charge on any atom is 0.243 e. The molecule has 0 aromatic heterocycles. The van der Waals surface area contributed by atoms with Crippen LogP contribution in [0.5, 0.6) is 5.75 Å². The molecule has 3 aromatic rings. The molecule has 0 unspecified atom stereocenters. The van der Waals surface area contributed by atoms with E-state index in [2.05, 4.69) is 5.32 Å². The van der Waals surface area contributed by atoms with Crippen LogP contribution in [0.25, 0.3) is 10.8 Å². The van der Waals surface area contributed by atoms with Crippen molar-refractivity contribution < 1.29 is 17.9 Å². The van der Waals surface area contributed by atoms with Gasteiger partial charge in [0.15, 0.2) is 0 Å². The molecule has 0 atom stereocenters. The van der Waals surface area contributed by atoms with E-state index < -0.39 is 10.0 Å². The Balaban J connectivity index is 1.61. The first-order valence-electron chi connectivity index (χ1n) is 9.33. The first kappa shape index (κ1) is 20.8. The van der Waals surface area contributed by atoms with E-state index in [0.717, 1.165) is 26.4 Å². The zero-order chi connectivity index (χ0) is 20.9. The number of rotatable bonds is 8. The Bertz CT molecular complexity index is 1100. The number of ether oxygens (including phenoxy) is 1. The molecule has 0 radical (unpaired) electrons. The molecule has 29 heavy (non-hydrogen) atoms. The van der Waals surface area contributed by atoms with Gasteiger partial charge in [-0.3, -0.25) is 4.79 Å². The van der Waals surface area contributed by atoms with E-state index in [1.54, 1.807) is 18.2 Å². The van der Waals surface area contributed by atoms with Crippen LogP contribution in [0.15, 0.2) is 71.6 Å². The molecule has 0 aliphatic carbocycles. The summed E-state index contributed by atoms with van der Waals surface area (Å²) in [5, 5.41) is 4.54. The number of fused-ring (bicyclic) bond motifs is 1. The van der Waals surface area contributed by atoms with Crippen molar-refractivity contribution in [3.8, 4) is 5.75 Å². The maximum atomic E-state index is 12.8. The SMILES string of the molecule is CCOc1ccc(CNC(=O)CN(C)S(=O)(=O)c2ccc3ccccc3c2)cc1. The molecule has 0 heterocycles. The Hall–Kier alpha value is -2.90. The quantitative estimate of drug-likeness (QED) is 0.617. The number of nitrogens with one attached hydrogen (secondary N) is 1. The highest BCUT2D eigenvalue weighted by Crippen LogP contribution is 2.21. The summed E-state index contributed by atoms with van der Waals surface area (Å²) in [6, 6.07) is 19.9. The summed E-state index contributed by atoms with van der Waals surface area (Å²) >= 11 is 0. The van der Waals surface area contributed by atoms with Crippen molar-refractivity contribution in [1.82, 2.24) is 9.62 Å². The number of hydrogen-bond acceptors (Lipinski definition) is 4. The van der Waals surface area contributed by atoms with Crippen LogP contribution in [0.1, 0.15) is 12.5 Å². The fourth-order valence-electron chi connectivity index (χ4n) is 2.92. The third-order valence-corrected chi connectivity index (χ3v) is 6.32. The molecule has 3 aromatic carbocycles. The van der Waals surface area contributed by atoms with Crippen molar-refractivity contribution in [2.75, 3.05) is 20.2 Å². The zero-order valence-corrected chi connectivity index (χ0v) is 17.3. The van der Waals surface area contributed by atoms with Gasteiger partial charge >= 0.3 is 0 Å².